The molecule has 0 aliphatic carbocycles. The van der Waals surface area contributed by atoms with Gasteiger partial charge in [0.2, 0.25) is 0 Å². The normalized spacial score (nSPS) is 10.1. The summed E-state index contributed by atoms with van der Waals surface area (Å²) in [6, 6.07) is 5.83. The lowest BCUT2D eigenvalue weighted by molar-refractivity contribution is 0.628. The average Bonchev–Trinajstić information content (AvgIpc) is 2.18. The van der Waals surface area contributed by atoms with E-state index in [1.807, 2.05) is 0 Å². The van der Waals surface area contributed by atoms with E-state index in [0.717, 1.165) is 0 Å². The van der Waals surface area contributed by atoms with Gasteiger partial charge in [-0.1, -0.05) is 12.1 Å². The van der Waals surface area contributed by atoms with Crippen molar-refractivity contribution >= 4 is 0 Å². The summed E-state index contributed by atoms with van der Waals surface area (Å²) in [6.45, 7) is 0. The third kappa shape index (κ3) is 1.66. The first-order valence-electron chi connectivity index (χ1n) is 3.93. The highest BCUT2D eigenvalue weighted by molar-refractivity contribution is 5.57. The predicted molar refractivity (Wildman–Crippen MR) is 48.0 cm³/mol. The molecule has 14 heavy (non-hydrogen) atoms. The molecule has 5 heteroatoms. The Morgan fingerprint density at radius 1 is 1.36 bits per heavy atom. The molecule has 0 atom stereocenters. The van der Waals surface area contributed by atoms with Gasteiger partial charge >= 0.3 is 5.69 Å². The highest BCUT2D eigenvalue weighted by Gasteiger charge is 2.00. The van der Waals surface area contributed by atoms with E-state index in [9.17, 15) is 9.18 Å². The van der Waals surface area contributed by atoms with Crippen molar-refractivity contribution in [3.63, 3.8) is 0 Å². The molecule has 1 heterocycles. The molecule has 0 spiro atoms. The number of aromatic amines is 1. The first-order valence-corrected chi connectivity index (χ1v) is 3.93. The molecule has 1 N–H and O–H groups in total. The molecule has 70 valence electrons. The van der Waals surface area contributed by atoms with Gasteiger partial charge in [-0.05, 0) is 12.1 Å². The summed E-state index contributed by atoms with van der Waals surface area (Å²) in [5, 5.41) is 5.71. The number of nitrogens with zero attached hydrogens (tertiary/aromatic N) is 2. The average molecular weight is 191 g/mol. The van der Waals surface area contributed by atoms with Crippen molar-refractivity contribution in [3.05, 3.63) is 46.8 Å². The molecule has 0 saturated carbocycles. The van der Waals surface area contributed by atoms with Gasteiger partial charge in [-0.25, -0.2) is 14.3 Å². The molecule has 4 nitrogen and oxygen atoms in total. The van der Waals surface area contributed by atoms with Crippen molar-refractivity contribution in [3.8, 4) is 11.3 Å². The molecule has 0 radical (unpaired) electrons. The van der Waals surface area contributed by atoms with Gasteiger partial charge in [0, 0.05) is 5.56 Å². The zero-order valence-electron chi connectivity index (χ0n) is 7.07. The fourth-order valence-electron chi connectivity index (χ4n) is 1.10. The largest absolute Gasteiger partial charge is 0.361 e. The van der Waals surface area contributed by atoms with Crippen LogP contribution >= 0.6 is 0 Å². The fourth-order valence-corrected chi connectivity index (χ4v) is 1.10. The minimum absolute atomic E-state index is 0.355. The van der Waals surface area contributed by atoms with Gasteiger partial charge in [0.05, 0.1) is 11.9 Å². The minimum atomic E-state index is -0.549. The SMILES string of the molecule is O=c1nc(-c2cccc(F)c2)cn[nH]1. The minimum Gasteiger partial charge on any atom is -0.244 e. The molecular weight excluding hydrogens is 185 g/mol. The second kappa shape index (κ2) is 3.37. The number of hydrogen-bond acceptors (Lipinski definition) is 3. The van der Waals surface area contributed by atoms with Crippen molar-refractivity contribution in [1.82, 2.24) is 15.2 Å². The van der Waals surface area contributed by atoms with Gasteiger partial charge < -0.3 is 0 Å². The topological polar surface area (TPSA) is 58.6 Å². The monoisotopic (exact) mass is 191 g/mol. The first-order chi connectivity index (χ1) is 6.75. The van der Waals surface area contributed by atoms with E-state index in [1.54, 1.807) is 12.1 Å². The summed E-state index contributed by atoms with van der Waals surface area (Å²) in [4.78, 5) is 14.5. The van der Waals surface area contributed by atoms with Gasteiger partial charge in [-0.3, -0.25) is 0 Å². The van der Waals surface area contributed by atoms with Crippen LogP contribution in [0.3, 0.4) is 0 Å². The number of rotatable bonds is 1. The first kappa shape index (κ1) is 8.55. The van der Waals surface area contributed by atoms with Crippen molar-refractivity contribution in [2.45, 2.75) is 0 Å². The van der Waals surface area contributed by atoms with E-state index >= 15 is 0 Å². The number of nitrogens with one attached hydrogen (secondary N) is 1. The van der Waals surface area contributed by atoms with Crippen LogP contribution in [0, 0.1) is 5.82 Å². The number of H-pyrrole nitrogens is 1. The van der Waals surface area contributed by atoms with Gasteiger partial charge in [0.1, 0.15) is 5.82 Å². The van der Waals surface area contributed by atoms with Crippen LogP contribution in [0.15, 0.2) is 35.3 Å². The zero-order chi connectivity index (χ0) is 9.97. The van der Waals surface area contributed by atoms with E-state index in [1.165, 1.54) is 18.3 Å². The molecule has 2 aromatic rings. The number of aromatic nitrogens is 3. The van der Waals surface area contributed by atoms with E-state index < -0.39 is 5.69 Å². The Bertz CT molecular complexity index is 509. The molecule has 0 fully saturated rings. The van der Waals surface area contributed by atoms with Crippen LogP contribution in [-0.2, 0) is 0 Å². The number of hydrogen-bond donors (Lipinski definition) is 1. The Morgan fingerprint density at radius 2 is 2.21 bits per heavy atom. The summed E-state index contributed by atoms with van der Waals surface area (Å²) in [6.07, 6.45) is 1.37. The van der Waals surface area contributed by atoms with Crippen molar-refractivity contribution in [2.75, 3.05) is 0 Å². The van der Waals surface area contributed by atoms with Crippen LogP contribution < -0.4 is 5.69 Å². The van der Waals surface area contributed by atoms with E-state index in [2.05, 4.69) is 15.2 Å². The quantitative estimate of drug-likeness (QED) is 0.730. The summed E-state index contributed by atoms with van der Waals surface area (Å²) in [7, 11) is 0. The van der Waals surface area contributed by atoms with Crippen LogP contribution in [0.2, 0.25) is 0 Å². The van der Waals surface area contributed by atoms with Gasteiger partial charge in [0.15, 0.2) is 0 Å². The molecule has 1 aromatic heterocycles. The highest BCUT2D eigenvalue weighted by atomic mass is 19.1. The van der Waals surface area contributed by atoms with Crippen molar-refractivity contribution < 1.29 is 4.39 Å². The maximum Gasteiger partial charge on any atom is 0.361 e. The lowest BCUT2D eigenvalue weighted by Crippen LogP contribution is -2.11. The predicted octanol–water partition coefficient (Wildman–Crippen LogP) is 0.971. The maximum atomic E-state index is 12.8. The Kier molecular flexibility index (Phi) is 2.06. The van der Waals surface area contributed by atoms with Crippen molar-refractivity contribution in [2.24, 2.45) is 0 Å². The standard InChI is InChI=1S/C9H6FN3O/c10-7-3-1-2-6(4-7)8-5-11-13-9(14)12-8/h1-5H,(H,12,13,14). The van der Waals surface area contributed by atoms with Crippen LogP contribution in [0.1, 0.15) is 0 Å². The van der Waals surface area contributed by atoms with E-state index in [4.69, 9.17) is 0 Å². The summed E-state index contributed by atoms with van der Waals surface area (Å²) in [5.41, 5.74) is 0.337. The van der Waals surface area contributed by atoms with Crippen LogP contribution in [0.4, 0.5) is 4.39 Å². The Hall–Kier alpha value is -2.04. The van der Waals surface area contributed by atoms with E-state index in [0.29, 0.717) is 11.3 Å². The van der Waals surface area contributed by atoms with Gasteiger partial charge in [-0.15, -0.1) is 0 Å². The fraction of sp³-hybridized carbons (Fsp3) is 0. The second-order valence-electron chi connectivity index (χ2n) is 2.68. The number of halogens is 1. The summed E-state index contributed by atoms with van der Waals surface area (Å²) in [5.74, 6) is -0.371. The highest BCUT2D eigenvalue weighted by Crippen LogP contribution is 2.14. The molecule has 0 saturated heterocycles. The Morgan fingerprint density at radius 3 is 2.93 bits per heavy atom. The molecule has 0 aliphatic rings. The maximum absolute atomic E-state index is 12.8. The molecule has 0 amide bonds. The zero-order valence-corrected chi connectivity index (χ0v) is 7.07. The van der Waals surface area contributed by atoms with Gasteiger partial charge in [0.25, 0.3) is 0 Å². The molecule has 0 unspecified atom stereocenters. The molecule has 2 rings (SSSR count). The second-order valence-corrected chi connectivity index (χ2v) is 2.68. The summed E-state index contributed by atoms with van der Waals surface area (Å²) >= 11 is 0. The Labute approximate surface area is 78.4 Å². The van der Waals surface area contributed by atoms with Crippen LogP contribution in [-0.4, -0.2) is 15.2 Å². The smallest absolute Gasteiger partial charge is 0.244 e. The summed E-state index contributed by atoms with van der Waals surface area (Å²) < 4.78 is 12.8. The Balaban J connectivity index is 2.55. The molecule has 0 aliphatic heterocycles. The van der Waals surface area contributed by atoms with Crippen LogP contribution in [0.5, 0.6) is 0 Å². The molecule has 1 aromatic carbocycles. The third-order valence-corrected chi connectivity index (χ3v) is 1.69. The lowest BCUT2D eigenvalue weighted by atomic mass is 10.2. The lowest BCUT2D eigenvalue weighted by Gasteiger charge is -1.97. The molecular formula is C9H6FN3O. The van der Waals surface area contributed by atoms with Crippen molar-refractivity contribution in [1.29, 1.82) is 0 Å². The number of benzene rings is 1. The van der Waals surface area contributed by atoms with Crippen LogP contribution in [0.25, 0.3) is 11.3 Å². The third-order valence-electron chi connectivity index (χ3n) is 1.69. The molecule has 0 bridgehead atoms. The van der Waals surface area contributed by atoms with Gasteiger partial charge in [-0.2, -0.15) is 10.1 Å². The van der Waals surface area contributed by atoms with E-state index in [-0.39, 0.29) is 5.82 Å².